The largest absolute Gasteiger partial charge is 0.323 e. The van der Waals surface area contributed by atoms with Crippen molar-refractivity contribution in [1.82, 2.24) is 0 Å². The van der Waals surface area contributed by atoms with Crippen molar-refractivity contribution in [2.45, 2.75) is 13.0 Å². The second-order valence-electron chi connectivity index (χ2n) is 2.05. The lowest BCUT2D eigenvalue weighted by Crippen LogP contribution is -2.03. The average molecular weight is 224 g/mol. The predicted octanol–water partition coefficient (Wildman–Crippen LogP) is 2.67. The van der Waals surface area contributed by atoms with E-state index in [1.807, 2.05) is 0 Å². The first-order valence-corrected chi connectivity index (χ1v) is 4.42. The maximum atomic E-state index is 12.8. The van der Waals surface area contributed by atoms with Gasteiger partial charge in [0.15, 0.2) is 0 Å². The molecule has 0 saturated heterocycles. The summed E-state index contributed by atoms with van der Waals surface area (Å²) in [6.45, 7) is 1.77. The van der Waals surface area contributed by atoms with Crippen LogP contribution in [0.25, 0.3) is 0 Å². The van der Waals surface area contributed by atoms with Crippen LogP contribution < -0.4 is 5.73 Å². The summed E-state index contributed by atoms with van der Waals surface area (Å²) in [5.41, 5.74) is 5.48. The van der Waals surface area contributed by atoms with E-state index < -0.39 is 0 Å². The normalized spacial score (nSPS) is 13.6. The molecule has 0 aliphatic heterocycles. The maximum Gasteiger partial charge on any atom is 0.139 e. The van der Waals surface area contributed by atoms with Crippen LogP contribution in [0, 0.1) is 5.82 Å². The van der Waals surface area contributed by atoms with E-state index in [9.17, 15) is 4.39 Å². The van der Waals surface area contributed by atoms with Crippen LogP contribution >= 0.6 is 27.3 Å². The van der Waals surface area contributed by atoms with Gasteiger partial charge in [0, 0.05) is 6.04 Å². The van der Waals surface area contributed by atoms with E-state index in [0.717, 1.165) is 3.79 Å². The molecule has 56 valence electrons. The van der Waals surface area contributed by atoms with Gasteiger partial charge in [-0.25, -0.2) is 4.39 Å². The molecule has 0 spiro atoms. The second kappa shape index (κ2) is 2.98. The summed E-state index contributed by atoms with van der Waals surface area (Å²) in [6, 6.07) is 1.22. The smallest absolute Gasteiger partial charge is 0.139 e. The molecular formula is C6H7BrFNS. The third-order valence-electron chi connectivity index (χ3n) is 1.10. The minimum atomic E-state index is -0.216. The minimum Gasteiger partial charge on any atom is -0.323 e. The fourth-order valence-electron chi connectivity index (χ4n) is 0.664. The van der Waals surface area contributed by atoms with Gasteiger partial charge in [0.05, 0.1) is 8.66 Å². The zero-order valence-electron chi connectivity index (χ0n) is 5.40. The Kier molecular flexibility index (Phi) is 2.44. The van der Waals surface area contributed by atoms with E-state index in [-0.39, 0.29) is 11.9 Å². The van der Waals surface area contributed by atoms with E-state index >= 15 is 0 Å². The fourth-order valence-corrected chi connectivity index (χ4v) is 2.10. The van der Waals surface area contributed by atoms with Crippen molar-refractivity contribution in [3.63, 3.8) is 0 Å². The first-order chi connectivity index (χ1) is 4.61. The molecule has 0 saturated carbocycles. The van der Waals surface area contributed by atoms with Crippen molar-refractivity contribution < 1.29 is 4.39 Å². The Morgan fingerprint density at radius 2 is 2.40 bits per heavy atom. The molecule has 1 aromatic heterocycles. The Labute approximate surface area is 71.2 Å². The van der Waals surface area contributed by atoms with Gasteiger partial charge in [-0.2, -0.15) is 0 Å². The van der Waals surface area contributed by atoms with E-state index in [1.165, 1.54) is 17.4 Å². The molecule has 4 heteroatoms. The van der Waals surface area contributed by atoms with Gasteiger partial charge in [0.2, 0.25) is 0 Å². The number of rotatable bonds is 1. The lowest BCUT2D eigenvalue weighted by Gasteiger charge is -1.98. The van der Waals surface area contributed by atoms with Gasteiger partial charge in [-0.1, -0.05) is 0 Å². The molecule has 0 bridgehead atoms. The lowest BCUT2D eigenvalue weighted by molar-refractivity contribution is 0.604. The summed E-state index contributed by atoms with van der Waals surface area (Å²) in [5.74, 6) is -0.216. The van der Waals surface area contributed by atoms with Gasteiger partial charge >= 0.3 is 0 Å². The number of hydrogen-bond donors (Lipinski definition) is 1. The van der Waals surface area contributed by atoms with E-state index in [2.05, 4.69) is 15.9 Å². The average Bonchev–Trinajstić information content (AvgIpc) is 2.10. The first-order valence-electron chi connectivity index (χ1n) is 2.81. The number of nitrogens with two attached hydrogens (primary N) is 1. The molecule has 1 rings (SSSR count). The van der Waals surface area contributed by atoms with Crippen molar-refractivity contribution in [2.24, 2.45) is 5.73 Å². The van der Waals surface area contributed by atoms with Gasteiger partial charge in [-0.05, 0) is 28.9 Å². The Morgan fingerprint density at radius 1 is 1.80 bits per heavy atom. The van der Waals surface area contributed by atoms with Gasteiger partial charge < -0.3 is 5.73 Å². The lowest BCUT2D eigenvalue weighted by atomic mass is 10.3. The van der Waals surface area contributed by atoms with Crippen molar-refractivity contribution in [2.75, 3.05) is 0 Å². The molecule has 1 atom stereocenters. The van der Waals surface area contributed by atoms with Crippen LogP contribution in [-0.4, -0.2) is 0 Å². The third-order valence-corrected chi connectivity index (χ3v) is 2.91. The maximum absolute atomic E-state index is 12.8. The van der Waals surface area contributed by atoms with Gasteiger partial charge in [-0.15, -0.1) is 11.3 Å². The first kappa shape index (κ1) is 8.17. The van der Waals surface area contributed by atoms with Crippen molar-refractivity contribution in [1.29, 1.82) is 0 Å². The monoisotopic (exact) mass is 223 g/mol. The standard InChI is InChI=1S/C6H7BrFNS/c1-3(9)6-4(8)2-5(7)10-6/h2-3H,9H2,1H3/t3-/m1/s1. The molecule has 0 fully saturated rings. The van der Waals surface area contributed by atoms with Crippen LogP contribution in [0.5, 0.6) is 0 Å². The van der Waals surface area contributed by atoms with E-state index in [4.69, 9.17) is 5.73 Å². The zero-order valence-corrected chi connectivity index (χ0v) is 7.80. The molecule has 0 unspecified atom stereocenters. The van der Waals surface area contributed by atoms with Gasteiger partial charge in [-0.3, -0.25) is 0 Å². The summed E-state index contributed by atoms with van der Waals surface area (Å²) in [5, 5.41) is 0. The minimum absolute atomic E-state index is 0.212. The Morgan fingerprint density at radius 3 is 2.60 bits per heavy atom. The molecule has 0 amide bonds. The van der Waals surface area contributed by atoms with Crippen molar-refractivity contribution >= 4 is 27.3 Å². The molecule has 0 aliphatic carbocycles. The SMILES string of the molecule is C[C@@H](N)c1sc(Br)cc1F. The van der Waals surface area contributed by atoms with Crippen LogP contribution in [0.1, 0.15) is 17.8 Å². The van der Waals surface area contributed by atoms with Crippen molar-refractivity contribution in [3.05, 3.63) is 20.5 Å². The molecule has 2 N–H and O–H groups in total. The summed E-state index contributed by atoms with van der Waals surface area (Å²) in [7, 11) is 0. The summed E-state index contributed by atoms with van der Waals surface area (Å²) in [4.78, 5) is 0.604. The quantitative estimate of drug-likeness (QED) is 0.779. The third kappa shape index (κ3) is 1.56. The number of thiophene rings is 1. The van der Waals surface area contributed by atoms with Crippen LogP contribution in [0.2, 0.25) is 0 Å². The Hall–Kier alpha value is 0.0700. The molecule has 1 aromatic rings. The molecular weight excluding hydrogens is 217 g/mol. The zero-order chi connectivity index (χ0) is 7.72. The highest BCUT2D eigenvalue weighted by molar-refractivity contribution is 9.11. The topological polar surface area (TPSA) is 26.0 Å². The van der Waals surface area contributed by atoms with Gasteiger partial charge in [0.1, 0.15) is 5.82 Å². The number of hydrogen-bond acceptors (Lipinski definition) is 2. The van der Waals surface area contributed by atoms with Crippen LogP contribution in [0.4, 0.5) is 4.39 Å². The second-order valence-corrected chi connectivity index (χ2v) is 4.51. The highest BCUT2D eigenvalue weighted by atomic mass is 79.9. The summed E-state index contributed by atoms with van der Waals surface area (Å²) < 4.78 is 13.6. The summed E-state index contributed by atoms with van der Waals surface area (Å²) >= 11 is 4.51. The molecule has 0 radical (unpaired) electrons. The van der Waals surface area contributed by atoms with Crippen LogP contribution in [0.3, 0.4) is 0 Å². The van der Waals surface area contributed by atoms with Crippen molar-refractivity contribution in [3.8, 4) is 0 Å². The van der Waals surface area contributed by atoms with Crippen LogP contribution in [0.15, 0.2) is 9.85 Å². The highest BCUT2D eigenvalue weighted by Gasteiger charge is 2.10. The molecule has 1 nitrogen and oxygen atoms in total. The molecule has 0 aromatic carbocycles. The van der Waals surface area contributed by atoms with Gasteiger partial charge in [0.25, 0.3) is 0 Å². The number of halogens is 2. The Bertz CT molecular complexity index is 234. The molecule has 10 heavy (non-hydrogen) atoms. The van der Waals surface area contributed by atoms with E-state index in [1.54, 1.807) is 6.92 Å². The predicted molar refractivity (Wildman–Crippen MR) is 44.6 cm³/mol. The fraction of sp³-hybridized carbons (Fsp3) is 0.333. The van der Waals surface area contributed by atoms with E-state index in [0.29, 0.717) is 4.88 Å². The molecule has 1 heterocycles. The Balaban J connectivity index is 3.03. The van der Waals surface area contributed by atoms with Crippen LogP contribution in [-0.2, 0) is 0 Å². The summed E-state index contributed by atoms with van der Waals surface area (Å²) in [6.07, 6.45) is 0. The molecule has 0 aliphatic rings. The highest BCUT2D eigenvalue weighted by Crippen LogP contribution is 2.29.